The van der Waals surface area contributed by atoms with Gasteiger partial charge in [-0.2, -0.15) is 0 Å². The average molecular weight is 412 g/mol. The van der Waals surface area contributed by atoms with E-state index < -0.39 is 17.7 Å². The molecule has 1 saturated heterocycles. The van der Waals surface area contributed by atoms with Crippen molar-refractivity contribution >= 4 is 23.1 Å². The molecular formula is C27H25NO3. The fourth-order valence-corrected chi connectivity index (χ4v) is 4.12. The molecule has 0 spiro atoms. The topological polar surface area (TPSA) is 57.6 Å². The van der Waals surface area contributed by atoms with Crippen molar-refractivity contribution in [3.8, 4) is 0 Å². The number of para-hydroxylation sites is 1. The van der Waals surface area contributed by atoms with E-state index in [1.54, 1.807) is 12.1 Å². The Bertz CT molecular complexity index is 1190. The molecule has 3 aromatic carbocycles. The van der Waals surface area contributed by atoms with E-state index in [1.165, 1.54) is 4.90 Å². The van der Waals surface area contributed by atoms with Gasteiger partial charge < -0.3 is 5.11 Å². The summed E-state index contributed by atoms with van der Waals surface area (Å²) in [5.41, 5.74) is 5.12. The smallest absolute Gasteiger partial charge is 0.300 e. The summed E-state index contributed by atoms with van der Waals surface area (Å²) in [6, 6.07) is 21.9. The lowest BCUT2D eigenvalue weighted by atomic mass is 9.93. The minimum atomic E-state index is -0.702. The average Bonchev–Trinajstić information content (AvgIpc) is 3.04. The molecule has 0 bridgehead atoms. The van der Waals surface area contributed by atoms with E-state index in [2.05, 4.69) is 6.92 Å². The number of hydrogen-bond acceptors (Lipinski definition) is 3. The zero-order valence-electron chi connectivity index (χ0n) is 17.9. The molecule has 0 saturated carbocycles. The molecule has 1 unspecified atom stereocenters. The summed E-state index contributed by atoms with van der Waals surface area (Å²) in [4.78, 5) is 27.9. The van der Waals surface area contributed by atoms with E-state index in [4.69, 9.17) is 0 Å². The van der Waals surface area contributed by atoms with Gasteiger partial charge in [-0.25, -0.2) is 0 Å². The summed E-state index contributed by atoms with van der Waals surface area (Å²) >= 11 is 0. The molecule has 1 fully saturated rings. The molecule has 4 heteroatoms. The Kier molecular flexibility index (Phi) is 5.47. The molecule has 3 aromatic rings. The summed E-state index contributed by atoms with van der Waals surface area (Å²) in [5, 5.41) is 11.2. The van der Waals surface area contributed by atoms with Crippen molar-refractivity contribution in [2.75, 3.05) is 4.90 Å². The highest BCUT2D eigenvalue weighted by Gasteiger charge is 2.47. The molecule has 156 valence electrons. The first kappa shape index (κ1) is 20.6. The van der Waals surface area contributed by atoms with Gasteiger partial charge in [0.15, 0.2) is 0 Å². The van der Waals surface area contributed by atoms with Crippen molar-refractivity contribution in [1.82, 2.24) is 0 Å². The molecule has 0 aromatic heterocycles. The maximum Gasteiger partial charge on any atom is 0.300 e. The second-order valence-corrected chi connectivity index (χ2v) is 7.92. The molecule has 1 N–H and O–H groups in total. The first-order valence-electron chi connectivity index (χ1n) is 10.4. The van der Waals surface area contributed by atoms with E-state index >= 15 is 0 Å². The highest BCUT2D eigenvalue weighted by atomic mass is 16.3. The fourth-order valence-electron chi connectivity index (χ4n) is 4.12. The zero-order valence-corrected chi connectivity index (χ0v) is 17.9. The SMILES string of the molecule is CCc1ccc(/C(O)=C2/C(=O)C(=O)N(c3ccccc3C)C2c2cccc(C)c2)cc1. The van der Waals surface area contributed by atoms with Gasteiger partial charge in [0.2, 0.25) is 0 Å². The lowest BCUT2D eigenvalue weighted by molar-refractivity contribution is -0.132. The Morgan fingerprint density at radius 1 is 0.935 bits per heavy atom. The number of aliphatic hydroxyl groups is 1. The van der Waals surface area contributed by atoms with Crippen molar-refractivity contribution in [2.24, 2.45) is 0 Å². The van der Waals surface area contributed by atoms with Crippen LogP contribution < -0.4 is 4.90 Å². The van der Waals surface area contributed by atoms with Crippen LogP contribution in [0, 0.1) is 13.8 Å². The Hall–Kier alpha value is -3.66. The van der Waals surface area contributed by atoms with Crippen molar-refractivity contribution in [2.45, 2.75) is 33.2 Å². The summed E-state index contributed by atoms with van der Waals surface area (Å²) in [5.74, 6) is -1.46. The Morgan fingerprint density at radius 3 is 2.29 bits per heavy atom. The zero-order chi connectivity index (χ0) is 22.1. The summed E-state index contributed by atoms with van der Waals surface area (Å²) in [6.07, 6.45) is 0.877. The summed E-state index contributed by atoms with van der Waals surface area (Å²) < 4.78 is 0. The fraction of sp³-hybridized carbons (Fsp3) is 0.185. The van der Waals surface area contributed by atoms with Crippen LogP contribution in [0.2, 0.25) is 0 Å². The van der Waals surface area contributed by atoms with E-state index in [1.807, 2.05) is 74.5 Å². The van der Waals surface area contributed by atoms with Crippen LogP contribution in [0.3, 0.4) is 0 Å². The largest absolute Gasteiger partial charge is 0.507 e. The molecule has 0 aliphatic carbocycles. The van der Waals surface area contributed by atoms with Crippen LogP contribution in [-0.2, 0) is 16.0 Å². The minimum absolute atomic E-state index is 0.114. The van der Waals surface area contributed by atoms with E-state index in [-0.39, 0.29) is 11.3 Å². The third-order valence-corrected chi connectivity index (χ3v) is 5.81. The summed E-state index contributed by atoms with van der Waals surface area (Å²) in [7, 11) is 0. The minimum Gasteiger partial charge on any atom is -0.507 e. The lowest BCUT2D eigenvalue weighted by Gasteiger charge is -2.27. The van der Waals surface area contributed by atoms with Crippen molar-refractivity contribution in [1.29, 1.82) is 0 Å². The maximum atomic E-state index is 13.2. The Balaban J connectivity index is 1.95. The van der Waals surface area contributed by atoms with Gasteiger partial charge in [-0.15, -0.1) is 0 Å². The van der Waals surface area contributed by atoms with Gasteiger partial charge >= 0.3 is 0 Å². The van der Waals surface area contributed by atoms with Crippen LogP contribution in [-0.4, -0.2) is 16.8 Å². The molecule has 1 heterocycles. The van der Waals surface area contributed by atoms with Crippen LogP contribution in [0.5, 0.6) is 0 Å². The van der Waals surface area contributed by atoms with Gasteiger partial charge in [-0.1, -0.05) is 79.2 Å². The Morgan fingerprint density at radius 2 is 1.65 bits per heavy atom. The molecule has 1 aliphatic rings. The number of aliphatic hydroxyl groups excluding tert-OH is 1. The van der Waals surface area contributed by atoms with Gasteiger partial charge in [-0.3, -0.25) is 14.5 Å². The van der Waals surface area contributed by atoms with Gasteiger partial charge in [0.25, 0.3) is 11.7 Å². The van der Waals surface area contributed by atoms with Gasteiger partial charge in [0, 0.05) is 11.3 Å². The molecule has 1 aliphatic heterocycles. The van der Waals surface area contributed by atoms with Crippen molar-refractivity contribution in [3.05, 3.63) is 106 Å². The second-order valence-electron chi connectivity index (χ2n) is 7.92. The quantitative estimate of drug-likeness (QED) is 0.351. The number of anilines is 1. The number of ketones is 1. The van der Waals surface area contributed by atoms with E-state index in [0.29, 0.717) is 11.3 Å². The van der Waals surface area contributed by atoms with Crippen molar-refractivity contribution < 1.29 is 14.7 Å². The normalized spacial score (nSPS) is 17.9. The number of carbonyl (C=O) groups is 2. The molecule has 1 amide bonds. The van der Waals surface area contributed by atoms with E-state index in [9.17, 15) is 14.7 Å². The van der Waals surface area contributed by atoms with Gasteiger partial charge in [0.1, 0.15) is 5.76 Å². The number of aryl methyl sites for hydroxylation is 3. The number of rotatable bonds is 4. The lowest BCUT2D eigenvalue weighted by Crippen LogP contribution is -2.30. The molecule has 1 atom stereocenters. The number of nitrogens with zero attached hydrogens (tertiary/aromatic N) is 1. The van der Waals surface area contributed by atoms with E-state index in [0.717, 1.165) is 28.7 Å². The highest BCUT2D eigenvalue weighted by Crippen LogP contribution is 2.43. The number of benzene rings is 3. The number of carbonyl (C=O) groups excluding carboxylic acids is 2. The summed E-state index contributed by atoms with van der Waals surface area (Å²) in [6.45, 7) is 5.93. The predicted molar refractivity (Wildman–Crippen MR) is 123 cm³/mol. The number of hydrogen-bond donors (Lipinski definition) is 1. The Labute approximate surface area is 182 Å². The third-order valence-electron chi connectivity index (χ3n) is 5.81. The standard InChI is InChI=1S/C27H25NO3/c1-4-19-12-14-20(15-13-19)25(29)23-24(21-10-7-8-17(2)16-21)28(27(31)26(23)30)22-11-6-5-9-18(22)3/h5-16,24,29H,4H2,1-3H3/b25-23-. The van der Waals surface area contributed by atoms with Crippen LogP contribution in [0.1, 0.15) is 40.8 Å². The number of amides is 1. The molecule has 0 radical (unpaired) electrons. The van der Waals surface area contributed by atoms with Crippen LogP contribution in [0.4, 0.5) is 5.69 Å². The maximum absolute atomic E-state index is 13.2. The molecule has 4 nitrogen and oxygen atoms in total. The van der Waals surface area contributed by atoms with Crippen LogP contribution in [0.15, 0.2) is 78.4 Å². The first-order valence-corrected chi connectivity index (χ1v) is 10.4. The monoisotopic (exact) mass is 411 g/mol. The van der Waals surface area contributed by atoms with Crippen LogP contribution in [0.25, 0.3) is 5.76 Å². The van der Waals surface area contributed by atoms with Crippen LogP contribution >= 0.6 is 0 Å². The molecular weight excluding hydrogens is 386 g/mol. The second kappa shape index (κ2) is 8.23. The third kappa shape index (κ3) is 3.66. The van der Waals surface area contributed by atoms with Crippen molar-refractivity contribution in [3.63, 3.8) is 0 Å². The first-order chi connectivity index (χ1) is 14.9. The molecule has 4 rings (SSSR count). The van der Waals surface area contributed by atoms with Gasteiger partial charge in [0.05, 0.1) is 11.6 Å². The highest BCUT2D eigenvalue weighted by molar-refractivity contribution is 6.51. The van der Waals surface area contributed by atoms with Gasteiger partial charge in [-0.05, 0) is 43.0 Å². The predicted octanol–water partition coefficient (Wildman–Crippen LogP) is 5.49. The number of Topliss-reactive ketones (excluding diaryl/α,β-unsaturated/α-hetero) is 1. The molecule has 31 heavy (non-hydrogen) atoms.